The smallest absolute Gasteiger partial charge is 0.326 e. The van der Waals surface area contributed by atoms with Gasteiger partial charge in [0, 0.05) is 0 Å². The molecule has 1 saturated heterocycles. The molecule has 0 aliphatic carbocycles. The van der Waals surface area contributed by atoms with Gasteiger partial charge in [-0.05, 0) is 59.5 Å². The van der Waals surface area contributed by atoms with Crippen LogP contribution in [0.4, 0.5) is 0 Å². The fourth-order valence-corrected chi connectivity index (χ4v) is 2.08. The van der Waals surface area contributed by atoms with E-state index in [0.29, 0.717) is 6.54 Å². The Labute approximate surface area is 97.9 Å². The maximum absolute atomic E-state index is 12.2. The monoisotopic (exact) mass is 228 g/mol. The minimum absolute atomic E-state index is 0.119. The van der Waals surface area contributed by atoms with Crippen molar-refractivity contribution in [3.63, 3.8) is 0 Å². The molecule has 1 atom stereocenters. The van der Waals surface area contributed by atoms with Crippen LogP contribution < -0.4 is 11.1 Å². The molecule has 94 valence electrons. The number of nitrogens with two attached hydrogens (primary N) is 1. The maximum atomic E-state index is 12.2. The Hall–Kier alpha value is -0.610. The van der Waals surface area contributed by atoms with Crippen LogP contribution in [0.3, 0.4) is 0 Å². The van der Waals surface area contributed by atoms with Crippen molar-refractivity contribution in [2.45, 2.75) is 57.6 Å². The van der Waals surface area contributed by atoms with Gasteiger partial charge in [-0.2, -0.15) is 0 Å². The molecule has 1 heterocycles. The predicted molar refractivity (Wildman–Crippen MR) is 64.1 cm³/mol. The third-order valence-corrected chi connectivity index (χ3v) is 2.84. The molecule has 4 nitrogen and oxygen atoms in total. The van der Waals surface area contributed by atoms with E-state index in [0.717, 1.165) is 32.2 Å². The van der Waals surface area contributed by atoms with Gasteiger partial charge in [-0.1, -0.05) is 0 Å². The lowest BCUT2D eigenvalue weighted by Gasteiger charge is -2.31. The Morgan fingerprint density at radius 2 is 2.19 bits per heavy atom. The lowest BCUT2D eigenvalue weighted by molar-refractivity contribution is -0.163. The fraction of sp³-hybridized carbons (Fsp3) is 0.917. The van der Waals surface area contributed by atoms with Crippen LogP contribution in [0.1, 0.15) is 46.5 Å². The van der Waals surface area contributed by atoms with E-state index >= 15 is 0 Å². The van der Waals surface area contributed by atoms with Crippen molar-refractivity contribution in [3.8, 4) is 0 Å². The number of hydrogen-bond donors (Lipinski definition) is 2. The summed E-state index contributed by atoms with van der Waals surface area (Å²) in [5, 5.41) is 3.30. The molecule has 0 bridgehead atoms. The molecule has 0 unspecified atom stereocenters. The first-order valence-electron chi connectivity index (χ1n) is 6.08. The third-order valence-electron chi connectivity index (χ3n) is 2.84. The summed E-state index contributed by atoms with van der Waals surface area (Å²) in [5.41, 5.74) is 4.61. The highest BCUT2D eigenvalue weighted by Gasteiger charge is 2.43. The Balaban J connectivity index is 2.65. The molecule has 1 aliphatic heterocycles. The second-order valence-electron chi connectivity index (χ2n) is 5.51. The van der Waals surface area contributed by atoms with Gasteiger partial charge in [-0.15, -0.1) is 0 Å². The SMILES string of the molecule is CC(C)(C)OC(=O)[C@]1(CCCN)CCCN1. The van der Waals surface area contributed by atoms with Crippen LogP contribution >= 0.6 is 0 Å². The fourth-order valence-electron chi connectivity index (χ4n) is 2.08. The summed E-state index contributed by atoms with van der Waals surface area (Å²) in [4.78, 5) is 12.2. The van der Waals surface area contributed by atoms with Gasteiger partial charge in [0.2, 0.25) is 0 Å². The molecule has 3 N–H and O–H groups in total. The number of esters is 1. The van der Waals surface area contributed by atoms with Crippen LogP contribution in [-0.4, -0.2) is 30.2 Å². The largest absolute Gasteiger partial charge is 0.459 e. The zero-order valence-corrected chi connectivity index (χ0v) is 10.6. The summed E-state index contributed by atoms with van der Waals surface area (Å²) in [6.45, 7) is 7.21. The minimum Gasteiger partial charge on any atom is -0.459 e. The zero-order valence-electron chi connectivity index (χ0n) is 10.6. The minimum atomic E-state index is -0.480. The lowest BCUT2D eigenvalue weighted by Crippen LogP contribution is -2.50. The molecule has 0 aromatic rings. The molecular formula is C12H24N2O2. The molecular weight excluding hydrogens is 204 g/mol. The molecule has 1 fully saturated rings. The molecule has 0 amide bonds. The number of rotatable bonds is 4. The van der Waals surface area contributed by atoms with E-state index in [1.165, 1.54) is 0 Å². The summed E-state index contributed by atoms with van der Waals surface area (Å²) in [6, 6.07) is 0. The topological polar surface area (TPSA) is 64.3 Å². The molecule has 0 radical (unpaired) electrons. The van der Waals surface area contributed by atoms with Gasteiger partial charge in [0.1, 0.15) is 11.1 Å². The summed E-state index contributed by atoms with van der Waals surface area (Å²) in [6.07, 6.45) is 3.52. The first kappa shape index (κ1) is 13.5. The second-order valence-corrected chi connectivity index (χ2v) is 5.51. The molecule has 4 heteroatoms. The zero-order chi connectivity index (χ0) is 12.2. The van der Waals surface area contributed by atoms with Gasteiger partial charge >= 0.3 is 5.97 Å². The second kappa shape index (κ2) is 5.15. The average Bonchev–Trinajstić information content (AvgIpc) is 2.61. The summed E-state index contributed by atoms with van der Waals surface area (Å²) >= 11 is 0. The van der Waals surface area contributed by atoms with E-state index in [-0.39, 0.29) is 5.97 Å². The Morgan fingerprint density at radius 3 is 2.62 bits per heavy atom. The van der Waals surface area contributed by atoms with Crippen LogP contribution in [0.2, 0.25) is 0 Å². The first-order valence-corrected chi connectivity index (χ1v) is 6.08. The standard InChI is InChI=1S/C12H24N2O2/c1-11(2,3)16-10(15)12(6-4-8-13)7-5-9-14-12/h14H,4-9,13H2,1-3H3/t12-/m0/s1. The van der Waals surface area contributed by atoms with E-state index in [9.17, 15) is 4.79 Å². The van der Waals surface area contributed by atoms with Crippen molar-refractivity contribution in [3.05, 3.63) is 0 Å². The van der Waals surface area contributed by atoms with Crippen molar-refractivity contribution < 1.29 is 9.53 Å². The number of ether oxygens (including phenoxy) is 1. The lowest BCUT2D eigenvalue weighted by atomic mass is 9.91. The van der Waals surface area contributed by atoms with Crippen LogP contribution in [0, 0.1) is 0 Å². The normalized spacial score (nSPS) is 25.8. The van der Waals surface area contributed by atoms with E-state index in [1.807, 2.05) is 20.8 Å². The highest BCUT2D eigenvalue weighted by atomic mass is 16.6. The van der Waals surface area contributed by atoms with Gasteiger partial charge in [0.05, 0.1) is 0 Å². The molecule has 0 spiro atoms. The molecule has 0 aromatic heterocycles. The average molecular weight is 228 g/mol. The molecule has 1 aliphatic rings. The molecule has 16 heavy (non-hydrogen) atoms. The Bertz CT molecular complexity index is 240. The van der Waals surface area contributed by atoms with Crippen LogP contribution in [0.25, 0.3) is 0 Å². The van der Waals surface area contributed by atoms with Crippen LogP contribution in [0.15, 0.2) is 0 Å². The maximum Gasteiger partial charge on any atom is 0.326 e. The number of carbonyl (C=O) groups is 1. The van der Waals surface area contributed by atoms with Crippen molar-refractivity contribution in [2.24, 2.45) is 5.73 Å². The highest BCUT2D eigenvalue weighted by Crippen LogP contribution is 2.27. The first-order chi connectivity index (χ1) is 7.40. The quantitative estimate of drug-likeness (QED) is 0.709. The molecule has 1 rings (SSSR count). The van der Waals surface area contributed by atoms with Gasteiger partial charge < -0.3 is 15.8 Å². The highest BCUT2D eigenvalue weighted by molar-refractivity contribution is 5.81. The van der Waals surface area contributed by atoms with Crippen molar-refractivity contribution in [1.29, 1.82) is 0 Å². The third kappa shape index (κ3) is 3.46. The van der Waals surface area contributed by atoms with E-state index in [4.69, 9.17) is 10.5 Å². The van der Waals surface area contributed by atoms with Gasteiger partial charge in [0.25, 0.3) is 0 Å². The number of carbonyl (C=O) groups excluding carboxylic acids is 1. The van der Waals surface area contributed by atoms with E-state index < -0.39 is 11.1 Å². The summed E-state index contributed by atoms with van der Waals surface area (Å²) < 4.78 is 5.48. The summed E-state index contributed by atoms with van der Waals surface area (Å²) in [7, 11) is 0. The Kier molecular flexibility index (Phi) is 4.33. The van der Waals surface area contributed by atoms with Gasteiger partial charge in [0.15, 0.2) is 0 Å². The van der Waals surface area contributed by atoms with Crippen molar-refractivity contribution in [2.75, 3.05) is 13.1 Å². The number of hydrogen-bond acceptors (Lipinski definition) is 4. The van der Waals surface area contributed by atoms with E-state index in [2.05, 4.69) is 5.32 Å². The van der Waals surface area contributed by atoms with Crippen LogP contribution in [0.5, 0.6) is 0 Å². The molecule has 0 aromatic carbocycles. The van der Waals surface area contributed by atoms with E-state index in [1.54, 1.807) is 0 Å². The van der Waals surface area contributed by atoms with Crippen LogP contribution in [-0.2, 0) is 9.53 Å². The Morgan fingerprint density at radius 1 is 1.50 bits per heavy atom. The number of nitrogens with one attached hydrogen (secondary N) is 1. The summed E-state index contributed by atoms with van der Waals surface area (Å²) in [5.74, 6) is -0.119. The molecule has 0 saturated carbocycles. The predicted octanol–water partition coefficient (Wildman–Crippen LogP) is 1.19. The van der Waals surface area contributed by atoms with Gasteiger partial charge in [-0.25, -0.2) is 0 Å². The van der Waals surface area contributed by atoms with Gasteiger partial charge in [-0.3, -0.25) is 4.79 Å². The van der Waals surface area contributed by atoms with Crippen molar-refractivity contribution >= 4 is 5.97 Å². The van der Waals surface area contributed by atoms with Crippen molar-refractivity contribution in [1.82, 2.24) is 5.32 Å².